The number of hydrogen-bond donors (Lipinski definition) is 0. The third-order valence-electron chi connectivity index (χ3n) is 3.88. The highest BCUT2D eigenvalue weighted by atomic mass is 16.7. The lowest BCUT2D eigenvalue weighted by atomic mass is 10.1. The number of rotatable bonds is 18. The molecule has 2 heteroatoms. The SMILES string of the molecule is CCCC/C=C\CC/C=C\CCCCCC(OCCC)OCCC. The number of allylic oxidation sites excluding steroid dienone is 4. The van der Waals surface area contributed by atoms with Gasteiger partial charge in [-0.15, -0.1) is 0 Å². The fourth-order valence-corrected chi connectivity index (χ4v) is 2.45. The second-order valence-corrected chi connectivity index (χ2v) is 6.47. The average Bonchev–Trinajstić information content (AvgIpc) is 2.60. The van der Waals surface area contributed by atoms with E-state index < -0.39 is 0 Å². The first-order valence-electron chi connectivity index (χ1n) is 10.4. The molecule has 0 fully saturated rings. The van der Waals surface area contributed by atoms with Crippen LogP contribution >= 0.6 is 0 Å². The first-order chi connectivity index (χ1) is 11.8. The predicted molar refractivity (Wildman–Crippen MR) is 106 cm³/mol. The van der Waals surface area contributed by atoms with Crippen molar-refractivity contribution < 1.29 is 9.47 Å². The molecule has 0 unspecified atom stereocenters. The average molecular weight is 339 g/mol. The second kappa shape index (κ2) is 20.4. The molecule has 24 heavy (non-hydrogen) atoms. The maximum Gasteiger partial charge on any atom is 0.157 e. The van der Waals surface area contributed by atoms with Gasteiger partial charge in [0, 0.05) is 13.2 Å². The van der Waals surface area contributed by atoms with Crippen LogP contribution in [-0.2, 0) is 9.47 Å². The summed E-state index contributed by atoms with van der Waals surface area (Å²) >= 11 is 0. The molecule has 0 aromatic heterocycles. The lowest BCUT2D eigenvalue weighted by Gasteiger charge is -2.17. The van der Waals surface area contributed by atoms with E-state index in [1.807, 2.05) is 0 Å². The molecule has 2 nitrogen and oxygen atoms in total. The molecule has 0 rings (SSSR count). The molecule has 0 aliphatic rings. The topological polar surface area (TPSA) is 18.5 Å². The smallest absolute Gasteiger partial charge is 0.157 e. The van der Waals surface area contributed by atoms with E-state index >= 15 is 0 Å². The molecule has 0 aliphatic carbocycles. The Morgan fingerprint density at radius 2 is 1.12 bits per heavy atom. The Morgan fingerprint density at radius 1 is 0.583 bits per heavy atom. The minimum Gasteiger partial charge on any atom is -0.353 e. The fraction of sp³-hybridized carbons (Fsp3) is 0.818. The van der Waals surface area contributed by atoms with E-state index in [0.717, 1.165) is 32.5 Å². The molecule has 0 amide bonds. The van der Waals surface area contributed by atoms with Crippen molar-refractivity contribution in [1.82, 2.24) is 0 Å². The van der Waals surface area contributed by atoms with Gasteiger partial charge < -0.3 is 9.47 Å². The van der Waals surface area contributed by atoms with Gasteiger partial charge in [-0.25, -0.2) is 0 Å². The first-order valence-corrected chi connectivity index (χ1v) is 10.4. The fourth-order valence-electron chi connectivity index (χ4n) is 2.45. The summed E-state index contributed by atoms with van der Waals surface area (Å²) in [7, 11) is 0. The molecular formula is C22H42O2. The first kappa shape index (κ1) is 23.4. The van der Waals surface area contributed by atoms with Crippen LogP contribution in [0, 0.1) is 0 Å². The van der Waals surface area contributed by atoms with Gasteiger partial charge in [-0.3, -0.25) is 0 Å². The zero-order valence-corrected chi connectivity index (χ0v) is 16.6. The van der Waals surface area contributed by atoms with Crippen LogP contribution in [-0.4, -0.2) is 19.5 Å². The van der Waals surface area contributed by atoms with E-state index in [2.05, 4.69) is 45.1 Å². The van der Waals surface area contributed by atoms with Crippen molar-refractivity contribution in [3.8, 4) is 0 Å². The lowest BCUT2D eigenvalue weighted by Crippen LogP contribution is -2.18. The molecule has 0 radical (unpaired) electrons. The summed E-state index contributed by atoms with van der Waals surface area (Å²) in [4.78, 5) is 0. The van der Waals surface area contributed by atoms with E-state index in [-0.39, 0.29) is 6.29 Å². The molecule has 0 saturated carbocycles. The highest BCUT2D eigenvalue weighted by Gasteiger charge is 2.07. The Morgan fingerprint density at radius 3 is 1.67 bits per heavy atom. The summed E-state index contributed by atoms with van der Waals surface area (Å²) in [6.45, 7) is 8.15. The Bertz CT molecular complexity index is 276. The molecular weight excluding hydrogens is 296 g/mol. The predicted octanol–water partition coefficient (Wildman–Crippen LogP) is 7.20. The van der Waals surface area contributed by atoms with Crippen LogP contribution in [0.5, 0.6) is 0 Å². The molecule has 0 aromatic carbocycles. The summed E-state index contributed by atoms with van der Waals surface area (Å²) in [6.07, 6.45) is 23.7. The molecule has 0 N–H and O–H groups in total. The van der Waals surface area contributed by atoms with Crippen LogP contribution in [0.15, 0.2) is 24.3 Å². The molecule has 0 spiro atoms. The van der Waals surface area contributed by atoms with Crippen molar-refractivity contribution in [2.24, 2.45) is 0 Å². The Balaban J connectivity index is 3.49. The number of ether oxygens (including phenoxy) is 2. The molecule has 142 valence electrons. The largest absolute Gasteiger partial charge is 0.353 e. The quantitative estimate of drug-likeness (QED) is 0.149. The zero-order valence-electron chi connectivity index (χ0n) is 16.6. The van der Waals surface area contributed by atoms with Crippen LogP contribution in [0.3, 0.4) is 0 Å². The van der Waals surface area contributed by atoms with Crippen molar-refractivity contribution in [3.63, 3.8) is 0 Å². The standard InChI is InChI=1S/C22H42O2/c1-4-7-8-9-10-11-12-13-14-15-16-17-18-19-22(23-20-5-2)24-21-6-3/h9-10,13-14,22H,4-8,11-12,15-21H2,1-3H3/b10-9-,14-13-. The van der Waals surface area contributed by atoms with Crippen molar-refractivity contribution in [2.45, 2.75) is 104 Å². The zero-order chi connectivity index (χ0) is 17.7. The van der Waals surface area contributed by atoms with Crippen molar-refractivity contribution >= 4 is 0 Å². The van der Waals surface area contributed by atoms with E-state index in [1.165, 1.54) is 57.8 Å². The number of unbranched alkanes of at least 4 members (excludes halogenated alkanes) is 6. The van der Waals surface area contributed by atoms with Gasteiger partial charge in [-0.1, -0.05) is 64.3 Å². The summed E-state index contributed by atoms with van der Waals surface area (Å²) in [6, 6.07) is 0. The van der Waals surface area contributed by atoms with Crippen LogP contribution in [0.1, 0.15) is 97.8 Å². The Labute approximate surface area is 151 Å². The molecule has 0 bridgehead atoms. The summed E-state index contributed by atoms with van der Waals surface area (Å²) in [5.41, 5.74) is 0. The van der Waals surface area contributed by atoms with Crippen LogP contribution < -0.4 is 0 Å². The van der Waals surface area contributed by atoms with Gasteiger partial charge in [0.05, 0.1) is 0 Å². The summed E-state index contributed by atoms with van der Waals surface area (Å²) < 4.78 is 11.5. The maximum atomic E-state index is 5.76. The molecule has 0 atom stereocenters. The van der Waals surface area contributed by atoms with Gasteiger partial charge in [0.15, 0.2) is 6.29 Å². The Hall–Kier alpha value is -0.600. The number of hydrogen-bond acceptors (Lipinski definition) is 2. The third-order valence-corrected chi connectivity index (χ3v) is 3.88. The van der Waals surface area contributed by atoms with Gasteiger partial charge in [-0.2, -0.15) is 0 Å². The van der Waals surface area contributed by atoms with Crippen molar-refractivity contribution in [1.29, 1.82) is 0 Å². The minimum atomic E-state index is 0.0138. The van der Waals surface area contributed by atoms with E-state index in [9.17, 15) is 0 Å². The lowest BCUT2D eigenvalue weighted by molar-refractivity contribution is -0.146. The van der Waals surface area contributed by atoms with Crippen molar-refractivity contribution in [2.75, 3.05) is 13.2 Å². The molecule has 0 aromatic rings. The van der Waals surface area contributed by atoms with E-state index in [1.54, 1.807) is 0 Å². The van der Waals surface area contributed by atoms with Gasteiger partial charge >= 0.3 is 0 Å². The third kappa shape index (κ3) is 17.7. The highest BCUT2D eigenvalue weighted by molar-refractivity contribution is 4.87. The second-order valence-electron chi connectivity index (χ2n) is 6.47. The molecule has 0 heterocycles. The Kier molecular flexibility index (Phi) is 19.9. The summed E-state index contributed by atoms with van der Waals surface area (Å²) in [5, 5.41) is 0. The van der Waals surface area contributed by atoms with Gasteiger partial charge in [0.2, 0.25) is 0 Å². The van der Waals surface area contributed by atoms with Crippen LogP contribution in [0.25, 0.3) is 0 Å². The normalized spacial score (nSPS) is 12.2. The van der Waals surface area contributed by atoms with Gasteiger partial charge in [0.1, 0.15) is 0 Å². The van der Waals surface area contributed by atoms with Gasteiger partial charge in [-0.05, 0) is 57.8 Å². The van der Waals surface area contributed by atoms with Gasteiger partial charge in [0.25, 0.3) is 0 Å². The maximum absolute atomic E-state index is 5.76. The highest BCUT2D eigenvalue weighted by Crippen LogP contribution is 2.11. The van der Waals surface area contributed by atoms with Crippen LogP contribution in [0.2, 0.25) is 0 Å². The van der Waals surface area contributed by atoms with Crippen LogP contribution in [0.4, 0.5) is 0 Å². The molecule has 0 aliphatic heterocycles. The summed E-state index contributed by atoms with van der Waals surface area (Å²) in [5.74, 6) is 0. The van der Waals surface area contributed by atoms with Crippen molar-refractivity contribution in [3.05, 3.63) is 24.3 Å². The monoisotopic (exact) mass is 338 g/mol. The molecule has 0 saturated heterocycles. The minimum absolute atomic E-state index is 0.0138. The van der Waals surface area contributed by atoms with E-state index in [4.69, 9.17) is 9.47 Å². The van der Waals surface area contributed by atoms with E-state index in [0.29, 0.717) is 0 Å².